The average Bonchev–Trinajstić information content (AvgIpc) is 2.87. The van der Waals surface area contributed by atoms with Crippen LogP contribution >= 0.6 is 0 Å². The summed E-state index contributed by atoms with van der Waals surface area (Å²) in [6.07, 6.45) is -0.803. The molecule has 0 unspecified atom stereocenters. The molecule has 0 heterocycles. The minimum atomic E-state index is -0.803. The Kier molecular flexibility index (Phi) is 9.07. The maximum Gasteiger partial charge on any atom is 0.513 e. The first-order valence-electron chi connectivity index (χ1n) is 10.9. The van der Waals surface area contributed by atoms with Gasteiger partial charge in [-0.1, -0.05) is 24.3 Å². The van der Waals surface area contributed by atoms with Gasteiger partial charge in [0.15, 0.2) is 18.1 Å². The van der Waals surface area contributed by atoms with E-state index >= 15 is 0 Å². The lowest BCUT2D eigenvalue weighted by Gasteiger charge is -2.11. The Bertz CT molecular complexity index is 1160. The van der Waals surface area contributed by atoms with E-state index in [-0.39, 0.29) is 37.3 Å². The molecule has 0 saturated heterocycles. The molecule has 0 atom stereocenters. The van der Waals surface area contributed by atoms with Gasteiger partial charge in [0.2, 0.25) is 0 Å². The minimum absolute atomic E-state index is 0.183. The predicted molar refractivity (Wildman–Crippen MR) is 129 cm³/mol. The molecule has 3 aromatic carbocycles. The van der Waals surface area contributed by atoms with Gasteiger partial charge in [-0.15, -0.1) is 0 Å². The number of para-hydroxylation sites is 2. The van der Waals surface area contributed by atoms with Crippen LogP contribution in [0.15, 0.2) is 72.8 Å². The van der Waals surface area contributed by atoms with Crippen molar-refractivity contribution < 1.29 is 33.3 Å². The third kappa shape index (κ3) is 7.78. The van der Waals surface area contributed by atoms with E-state index in [1.807, 2.05) is 12.1 Å². The van der Waals surface area contributed by atoms with Crippen LogP contribution in [0.5, 0.6) is 17.2 Å². The van der Waals surface area contributed by atoms with E-state index in [0.717, 1.165) is 5.56 Å². The monoisotopic (exact) mass is 478 g/mol. The van der Waals surface area contributed by atoms with Crippen molar-refractivity contribution in [2.45, 2.75) is 13.5 Å². The molecular formula is C26H26N2O7. The van der Waals surface area contributed by atoms with Crippen LogP contribution in [0.4, 0.5) is 10.5 Å². The molecule has 0 fully saturated rings. The summed E-state index contributed by atoms with van der Waals surface area (Å²) < 4.78 is 20.4. The molecule has 35 heavy (non-hydrogen) atoms. The minimum Gasteiger partial charge on any atom is -0.493 e. The van der Waals surface area contributed by atoms with Gasteiger partial charge in [-0.2, -0.15) is 0 Å². The molecule has 0 spiro atoms. The standard InChI is InChI=1S/C26H26N2O7/c1-3-33-26(31)35-21-13-11-19(12-14-21)25(30)27-16-18-7-6-8-20(15-18)28-24(29)17-34-23-10-5-4-9-22(23)32-2/h4-15H,3,16-17H2,1-2H3,(H,27,30)(H,28,29). The second-order valence-electron chi connectivity index (χ2n) is 7.18. The van der Waals surface area contributed by atoms with Crippen molar-refractivity contribution in [3.05, 3.63) is 83.9 Å². The zero-order chi connectivity index (χ0) is 25.0. The SMILES string of the molecule is CCOC(=O)Oc1ccc(C(=O)NCc2cccc(NC(=O)COc3ccccc3OC)c2)cc1. The summed E-state index contributed by atoms with van der Waals surface area (Å²) in [5.74, 6) is 0.661. The van der Waals surface area contributed by atoms with Crippen LogP contribution in [0.3, 0.4) is 0 Å². The Morgan fingerprint density at radius 2 is 1.63 bits per heavy atom. The lowest BCUT2D eigenvalue weighted by molar-refractivity contribution is -0.118. The highest BCUT2D eigenvalue weighted by Gasteiger charge is 2.10. The van der Waals surface area contributed by atoms with Crippen LogP contribution in [0, 0.1) is 0 Å². The summed E-state index contributed by atoms with van der Waals surface area (Å²) in [5.41, 5.74) is 1.77. The average molecular weight is 479 g/mol. The molecule has 0 aliphatic rings. The number of methoxy groups -OCH3 is 1. The summed E-state index contributed by atoms with van der Waals surface area (Å²) in [6, 6.07) is 20.3. The molecule has 9 heteroatoms. The van der Waals surface area contributed by atoms with Gasteiger partial charge >= 0.3 is 6.16 Å². The number of carbonyl (C=O) groups is 3. The third-order valence-electron chi connectivity index (χ3n) is 4.67. The topological polar surface area (TPSA) is 112 Å². The van der Waals surface area contributed by atoms with Crippen molar-refractivity contribution in [3.63, 3.8) is 0 Å². The van der Waals surface area contributed by atoms with E-state index in [2.05, 4.69) is 10.6 Å². The highest BCUT2D eigenvalue weighted by atomic mass is 16.7. The summed E-state index contributed by atoms with van der Waals surface area (Å²) in [7, 11) is 1.53. The highest BCUT2D eigenvalue weighted by molar-refractivity contribution is 5.94. The van der Waals surface area contributed by atoms with Gasteiger partial charge < -0.3 is 29.6 Å². The summed E-state index contributed by atoms with van der Waals surface area (Å²) in [6.45, 7) is 1.95. The van der Waals surface area contributed by atoms with Crippen molar-refractivity contribution in [1.82, 2.24) is 5.32 Å². The molecule has 3 aromatic rings. The van der Waals surface area contributed by atoms with E-state index in [4.69, 9.17) is 18.9 Å². The van der Waals surface area contributed by atoms with Crippen molar-refractivity contribution >= 4 is 23.7 Å². The van der Waals surface area contributed by atoms with Gasteiger partial charge in [0.1, 0.15) is 5.75 Å². The van der Waals surface area contributed by atoms with Gasteiger partial charge in [0.25, 0.3) is 11.8 Å². The molecule has 0 bridgehead atoms. The van der Waals surface area contributed by atoms with Gasteiger partial charge in [0.05, 0.1) is 13.7 Å². The maximum absolute atomic E-state index is 12.4. The summed E-state index contributed by atoms with van der Waals surface area (Å²) in [4.78, 5) is 36.1. The largest absolute Gasteiger partial charge is 0.513 e. The first kappa shape index (κ1) is 25.1. The Morgan fingerprint density at radius 1 is 0.886 bits per heavy atom. The summed E-state index contributed by atoms with van der Waals surface area (Å²) >= 11 is 0. The molecule has 182 valence electrons. The van der Waals surface area contributed by atoms with Gasteiger partial charge in [-0.05, 0) is 61.0 Å². The fourth-order valence-electron chi connectivity index (χ4n) is 3.04. The Balaban J connectivity index is 1.49. The molecule has 0 aliphatic carbocycles. The zero-order valence-electron chi connectivity index (χ0n) is 19.4. The van der Waals surface area contributed by atoms with E-state index in [1.54, 1.807) is 55.5 Å². The number of hydrogen-bond acceptors (Lipinski definition) is 7. The number of amides is 2. The number of ether oxygens (including phenoxy) is 4. The van der Waals surface area contributed by atoms with E-state index in [0.29, 0.717) is 22.7 Å². The van der Waals surface area contributed by atoms with E-state index in [9.17, 15) is 14.4 Å². The molecular weight excluding hydrogens is 452 g/mol. The maximum atomic E-state index is 12.4. The number of nitrogens with one attached hydrogen (secondary N) is 2. The van der Waals surface area contributed by atoms with Crippen LogP contribution in [0.1, 0.15) is 22.8 Å². The number of hydrogen-bond donors (Lipinski definition) is 2. The summed E-state index contributed by atoms with van der Waals surface area (Å²) in [5, 5.41) is 5.58. The highest BCUT2D eigenvalue weighted by Crippen LogP contribution is 2.25. The Morgan fingerprint density at radius 3 is 2.34 bits per heavy atom. The van der Waals surface area contributed by atoms with Crippen LogP contribution in [-0.2, 0) is 16.1 Å². The first-order chi connectivity index (χ1) is 17.0. The molecule has 0 aromatic heterocycles. The second kappa shape index (κ2) is 12.6. The third-order valence-corrected chi connectivity index (χ3v) is 4.67. The van der Waals surface area contributed by atoms with E-state index < -0.39 is 6.16 Å². The molecule has 0 aliphatic heterocycles. The number of anilines is 1. The van der Waals surface area contributed by atoms with Crippen LogP contribution in [0.25, 0.3) is 0 Å². The lowest BCUT2D eigenvalue weighted by atomic mass is 10.1. The van der Waals surface area contributed by atoms with Crippen molar-refractivity contribution in [1.29, 1.82) is 0 Å². The quantitative estimate of drug-likeness (QED) is 0.332. The number of rotatable bonds is 10. The number of benzene rings is 3. The molecule has 2 amide bonds. The van der Waals surface area contributed by atoms with Crippen molar-refractivity contribution in [3.8, 4) is 17.2 Å². The Labute approximate surface area is 203 Å². The Hall–Kier alpha value is -4.53. The zero-order valence-corrected chi connectivity index (χ0v) is 19.4. The number of carbonyl (C=O) groups excluding carboxylic acids is 3. The van der Waals surface area contributed by atoms with Gasteiger partial charge in [0, 0.05) is 17.8 Å². The second-order valence-corrected chi connectivity index (χ2v) is 7.18. The van der Waals surface area contributed by atoms with Crippen LogP contribution < -0.4 is 24.8 Å². The normalized spacial score (nSPS) is 10.1. The van der Waals surface area contributed by atoms with Crippen molar-refractivity contribution in [2.75, 3.05) is 25.6 Å². The van der Waals surface area contributed by atoms with Gasteiger partial charge in [-0.25, -0.2) is 4.79 Å². The van der Waals surface area contributed by atoms with Gasteiger partial charge in [-0.3, -0.25) is 9.59 Å². The fraction of sp³-hybridized carbons (Fsp3) is 0.192. The molecule has 0 radical (unpaired) electrons. The lowest BCUT2D eigenvalue weighted by Crippen LogP contribution is -2.23. The predicted octanol–water partition coefficient (Wildman–Crippen LogP) is 4.18. The van der Waals surface area contributed by atoms with E-state index in [1.165, 1.54) is 19.2 Å². The van der Waals surface area contributed by atoms with Crippen LogP contribution in [-0.4, -0.2) is 38.3 Å². The molecule has 0 saturated carbocycles. The van der Waals surface area contributed by atoms with Crippen LogP contribution in [0.2, 0.25) is 0 Å². The molecule has 2 N–H and O–H groups in total. The van der Waals surface area contributed by atoms with Crippen molar-refractivity contribution in [2.24, 2.45) is 0 Å². The smallest absolute Gasteiger partial charge is 0.493 e. The molecule has 3 rings (SSSR count). The first-order valence-corrected chi connectivity index (χ1v) is 10.9. The fourth-order valence-corrected chi connectivity index (χ4v) is 3.04. The molecule has 9 nitrogen and oxygen atoms in total.